The lowest BCUT2D eigenvalue weighted by molar-refractivity contribution is 0.203. The molecule has 1 unspecified atom stereocenters. The minimum atomic E-state index is -4.28. The number of anilines is 1. The summed E-state index contributed by atoms with van der Waals surface area (Å²) in [5, 5.41) is 0. The van der Waals surface area contributed by atoms with Gasteiger partial charge >= 0.3 is 16.1 Å². The third-order valence-electron chi connectivity index (χ3n) is 4.64. The monoisotopic (exact) mass is 410 g/mol. The molecule has 0 saturated carbocycles. The molecule has 9 heteroatoms. The van der Waals surface area contributed by atoms with Crippen molar-refractivity contribution in [3.8, 4) is 5.75 Å². The molecule has 1 heterocycles. The van der Waals surface area contributed by atoms with Gasteiger partial charge < -0.3 is 9.08 Å². The van der Waals surface area contributed by atoms with Crippen molar-refractivity contribution in [3.63, 3.8) is 0 Å². The molecule has 1 aliphatic rings. The Labute approximate surface area is 162 Å². The summed E-state index contributed by atoms with van der Waals surface area (Å²) in [4.78, 5) is 15.7. The molecule has 0 bridgehead atoms. The van der Waals surface area contributed by atoms with Crippen LogP contribution in [0.3, 0.4) is 0 Å². The number of benzene rings is 2. The number of carbonyl (C=O) groups excluding carboxylic acids is 1. The highest BCUT2D eigenvalue weighted by Gasteiger charge is 2.32. The fraction of sp³-hybridized carbons (Fsp3) is 0.316. The molecule has 0 aromatic heterocycles. The smallest absolute Gasteiger partial charge is 0.339 e. The standard InChI is InChI=1S/C19H20F2N2O4S/c1-3-13(2)22-8-9-23(19(22)24)16-4-6-18(7-5-16)28(25,26)27-17-11-14(20)10-15(21)12-17/h4-7,10-13H,3,8-9H2,1-2H3. The molecule has 6 nitrogen and oxygen atoms in total. The molecule has 1 atom stereocenters. The van der Waals surface area contributed by atoms with Crippen LogP contribution in [0.5, 0.6) is 5.75 Å². The van der Waals surface area contributed by atoms with E-state index in [1.807, 2.05) is 13.8 Å². The molecule has 1 aliphatic heterocycles. The van der Waals surface area contributed by atoms with Gasteiger partial charge in [-0.2, -0.15) is 8.42 Å². The minimum absolute atomic E-state index is 0.122. The summed E-state index contributed by atoms with van der Waals surface area (Å²) in [5.74, 6) is -2.35. The van der Waals surface area contributed by atoms with Gasteiger partial charge in [-0.05, 0) is 37.6 Å². The van der Waals surface area contributed by atoms with Gasteiger partial charge in [0.05, 0.1) is 0 Å². The first-order valence-corrected chi connectivity index (χ1v) is 10.2. The Hall–Kier alpha value is -2.68. The van der Waals surface area contributed by atoms with E-state index in [-0.39, 0.29) is 17.0 Å². The number of halogens is 2. The van der Waals surface area contributed by atoms with Gasteiger partial charge in [0.25, 0.3) is 0 Å². The molecule has 0 spiro atoms. The quantitative estimate of drug-likeness (QED) is 0.680. The van der Waals surface area contributed by atoms with Crippen LogP contribution in [-0.4, -0.2) is 38.5 Å². The van der Waals surface area contributed by atoms with Crippen molar-refractivity contribution in [3.05, 3.63) is 54.1 Å². The van der Waals surface area contributed by atoms with Crippen molar-refractivity contribution in [2.24, 2.45) is 0 Å². The van der Waals surface area contributed by atoms with E-state index < -0.39 is 27.5 Å². The minimum Gasteiger partial charge on any atom is -0.379 e. The van der Waals surface area contributed by atoms with E-state index in [0.29, 0.717) is 24.8 Å². The maximum Gasteiger partial charge on any atom is 0.339 e. The van der Waals surface area contributed by atoms with Crippen LogP contribution in [0.2, 0.25) is 0 Å². The van der Waals surface area contributed by atoms with Crippen LogP contribution >= 0.6 is 0 Å². The number of rotatable bonds is 6. The molecule has 0 radical (unpaired) electrons. The fourth-order valence-electron chi connectivity index (χ4n) is 2.97. The van der Waals surface area contributed by atoms with Crippen molar-refractivity contribution in [1.82, 2.24) is 4.90 Å². The first-order chi connectivity index (χ1) is 13.2. The molecule has 0 aliphatic carbocycles. The van der Waals surface area contributed by atoms with Crippen molar-refractivity contribution in [1.29, 1.82) is 0 Å². The number of amides is 2. The SMILES string of the molecule is CCC(C)N1CCN(c2ccc(S(=O)(=O)Oc3cc(F)cc(F)c3)cc2)C1=O. The highest BCUT2D eigenvalue weighted by molar-refractivity contribution is 7.87. The first-order valence-electron chi connectivity index (χ1n) is 8.80. The lowest BCUT2D eigenvalue weighted by Gasteiger charge is -2.23. The highest BCUT2D eigenvalue weighted by atomic mass is 32.2. The third-order valence-corrected chi connectivity index (χ3v) is 5.90. The number of nitrogens with zero attached hydrogens (tertiary/aromatic N) is 2. The highest BCUT2D eigenvalue weighted by Crippen LogP contribution is 2.26. The van der Waals surface area contributed by atoms with Crippen molar-refractivity contribution in [2.45, 2.75) is 31.2 Å². The Morgan fingerprint density at radius 3 is 2.25 bits per heavy atom. The van der Waals surface area contributed by atoms with Gasteiger partial charge in [0, 0.05) is 43.0 Å². The van der Waals surface area contributed by atoms with Crippen LogP contribution in [-0.2, 0) is 10.1 Å². The summed E-state index contributed by atoms with van der Waals surface area (Å²) in [6.45, 7) is 5.09. The zero-order valence-corrected chi connectivity index (χ0v) is 16.2. The number of carbonyl (C=O) groups is 1. The van der Waals surface area contributed by atoms with Crippen molar-refractivity contribution >= 4 is 21.8 Å². The number of hydrogen-bond acceptors (Lipinski definition) is 4. The molecular weight excluding hydrogens is 390 g/mol. The van der Waals surface area contributed by atoms with Crippen LogP contribution in [0.1, 0.15) is 20.3 Å². The van der Waals surface area contributed by atoms with Crippen LogP contribution in [0.15, 0.2) is 47.4 Å². The van der Waals surface area contributed by atoms with E-state index in [2.05, 4.69) is 0 Å². The van der Waals surface area contributed by atoms with Crippen LogP contribution in [0.25, 0.3) is 0 Å². The summed E-state index contributed by atoms with van der Waals surface area (Å²) in [6, 6.07) is 7.75. The molecule has 1 fully saturated rings. The number of hydrogen-bond donors (Lipinski definition) is 0. The summed E-state index contributed by atoms with van der Waals surface area (Å²) >= 11 is 0. The average Bonchev–Trinajstić information content (AvgIpc) is 3.01. The molecule has 2 aromatic carbocycles. The Bertz CT molecular complexity index is 960. The normalized spacial score (nSPS) is 15.8. The predicted octanol–water partition coefficient (Wildman–Crippen LogP) is 3.77. The van der Waals surface area contributed by atoms with Gasteiger partial charge in [-0.25, -0.2) is 13.6 Å². The maximum atomic E-state index is 13.2. The zero-order valence-electron chi connectivity index (χ0n) is 15.4. The van der Waals surface area contributed by atoms with E-state index >= 15 is 0 Å². The van der Waals surface area contributed by atoms with Crippen LogP contribution in [0, 0.1) is 11.6 Å². The predicted molar refractivity (Wildman–Crippen MR) is 99.8 cm³/mol. The van der Waals surface area contributed by atoms with Crippen LogP contribution in [0.4, 0.5) is 19.3 Å². The molecular formula is C19H20F2N2O4S. The Kier molecular flexibility index (Phi) is 5.55. The van der Waals surface area contributed by atoms with Gasteiger partial charge in [-0.3, -0.25) is 4.90 Å². The van der Waals surface area contributed by atoms with E-state index in [0.717, 1.165) is 18.6 Å². The molecule has 28 heavy (non-hydrogen) atoms. The molecule has 150 valence electrons. The molecule has 1 saturated heterocycles. The summed E-state index contributed by atoms with van der Waals surface area (Å²) in [5.41, 5.74) is 0.562. The molecule has 2 amide bonds. The van der Waals surface area contributed by atoms with E-state index in [4.69, 9.17) is 4.18 Å². The molecule has 0 N–H and O–H groups in total. The Balaban J connectivity index is 1.77. The van der Waals surface area contributed by atoms with Gasteiger partial charge in [0.2, 0.25) is 0 Å². The first kappa shape index (κ1) is 20.1. The van der Waals surface area contributed by atoms with Gasteiger partial charge in [-0.1, -0.05) is 6.92 Å². The number of urea groups is 1. The zero-order chi connectivity index (χ0) is 20.5. The largest absolute Gasteiger partial charge is 0.379 e. The van der Waals surface area contributed by atoms with E-state index in [1.165, 1.54) is 24.3 Å². The average molecular weight is 410 g/mol. The van der Waals surface area contributed by atoms with Gasteiger partial charge in [0.15, 0.2) is 0 Å². The lowest BCUT2D eigenvalue weighted by atomic mass is 10.2. The second-order valence-corrected chi connectivity index (χ2v) is 8.07. The third kappa shape index (κ3) is 4.09. The summed E-state index contributed by atoms with van der Waals surface area (Å²) in [6.07, 6.45) is 0.842. The Morgan fingerprint density at radius 1 is 1.07 bits per heavy atom. The van der Waals surface area contributed by atoms with Gasteiger partial charge in [0.1, 0.15) is 22.3 Å². The van der Waals surface area contributed by atoms with E-state index in [1.54, 1.807) is 9.80 Å². The van der Waals surface area contributed by atoms with Crippen molar-refractivity contribution < 1.29 is 26.2 Å². The maximum absolute atomic E-state index is 13.2. The second kappa shape index (κ2) is 7.75. The van der Waals surface area contributed by atoms with Crippen molar-refractivity contribution in [2.75, 3.05) is 18.0 Å². The molecule has 2 aromatic rings. The Morgan fingerprint density at radius 2 is 1.68 bits per heavy atom. The fourth-order valence-corrected chi connectivity index (χ4v) is 3.88. The molecule has 3 rings (SSSR count). The van der Waals surface area contributed by atoms with Crippen LogP contribution < -0.4 is 9.08 Å². The second-order valence-electron chi connectivity index (χ2n) is 6.52. The summed E-state index contributed by atoms with van der Waals surface area (Å²) in [7, 11) is -4.28. The topological polar surface area (TPSA) is 66.9 Å². The lowest BCUT2D eigenvalue weighted by Crippen LogP contribution is -2.37. The summed E-state index contributed by atoms with van der Waals surface area (Å²) < 4.78 is 55.9. The van der Waals surface area contributed by atoms with Gasteiger partial charge in [-0.15, -0.1) is 0 Å². The van der Waals surface area contributed by atoms with E-state index in [9.17, 15) is 22.0 Å².